The quantitative estimate of drug-likeness (QED) is 0.620. The van der Waals surface area contributed by atoms with Crippen molar-refractivity contribution in [2.24, 2.45) is 0 Å². The Labute approximate surface area is 180 Å². The van der Waals surface area contributed by atoms with E-state index in [1.165, 1.54) is 6.08 Å². The summed E-state index contributed by atoms with van der Waals surface area (Å²) >= 11 is 6.43. The van der Waals surface area contributed by atoms with Gasteiger partial charge in [-0.1, -0.05) is 36.4 Å². The molecule has 30 heavy (non-hydrogen) atoms. The molecule has 1 atom stereocenters. The first-order valence-electron chi connectivity index (χ1n) is 9.71. The monoisotopic (exact) mass is 416 g/mol. The smallest absolute Gasteiger partial charge is 0.246 e. The lowest BCUT2D eigenvalue weighted by molar-refractivity contribution is -0.125. The second kappa shape index (κ2) is 7.81. The molecule has 1 saturated heterocycles. The van der Waals surface area contributed by atoms with Crippen LogP contribution < -0.4 is 5.32 Å². The average molecular weight is 417 g/mol. The predicted molar refractivity (Wildman–Crippen MR) is 119 cm³/mol. The van der Waals surface area contributed by atoms with Gasteiger partial charge in [0.1, 0.15) is 6.07 Å². The second-order valence-corrected chi connectivity index (χ2v) is 7.98. The Hall–Kier alpha value is -3.36. The lowest BCUT2D eigenvalue weighted by atomic mass is 9.85. The number of carbonyl (C=O) groups excluding carboxylic acids is 1. The number of nitriles is 1. The van der Waals surface area contributed by atoms with E-state index in [1.54, 1.807) is 11.1 Å². The molecule has 1 aliphatic rings. The van der Waals surface area contributed by atoms with Gasteiger partial charge in [0.15, 0.2) is 0 Å². The van der Waals surface area contributed by atoms with Crippen LogP contribution >= 0.6 is 11.6 Å². The number of pyridine rings is 1. The van der Waals surface area contributed by atoms with Crippen molar-refractivity contribution in [1.29, 1.82) is 5.26 Å². The van der Waals surface area contributed by atoms with Crippen LogP contribution in [-0.4, -0.2) is 28.9 Å². The fraction of sp³-hybridized carbons (Fsp3) is 0.208. The van der Waals surface area contributed by atoms with Gasteiger partial charge in [0.05, 0.1) is 16.6 Å². The van der Waals surface area contributed by atoms with E-state index in [9.17, 15) is 4.79 Å². The summed E-state index contributed by atoms with van der Waals surface area (Å²) in [6.45, 7) is 6.77. The van der Waals surface area contributed by atoms with Crippen molar-refractivity contribution in [3.63, 3.8) is 0 Å². The summed E-state index contributed by atoms with van der Waals surface area (Å²) in [7, 11) is 0. The maximum atomic E-state index is 12.3. The Morgan fingerprint density at radius 2 is 2.20 bits per heavy atom. The molecule has 2 aromatic carbocycles. The highest BCUT2D eigenvalue weighted by atomic mass is 35.5. The van der Waals surface area contributed by atoms with Gasteiger partial charge in [-0.2, -0.15) is 5.26 Å². The molecular formula is C24H21ClN4O. The highest BCUT2D eigenvalue weighted by molar-refractivity contribution is 6.31. The van der Waals surface area contributed by atoms with Crippen molar-refractivity contribution < 1.29 is 4.79 Å². The summed E-state index contributed by atoms with van der Waals surface area (Å²) in [5.74, 6) is -0.0810. The third kappa shape index (κ3) is 3.51. The number of nitrogens with one attached hydrogen (secondary N) is 1. The lowest BCUT2D eigenvalue weighted by Crippen LogP contribution is -2.40. The molecule has 150 valence electrons. The van der Waals surface area contributed by atoms with Gasteiger partial charge in [0.25, 0.3) is 0 Å². The first-order valence-corrected chi connectivity index (χ1v) is 10.1. The first kappa shape index (κ1) is 19.9. The highest BCUT2D eigenvalue weighted by Crippen LogP contribution is 2.39. The summed E-state index contributed by atoms with van der Waals surface area (Å²) in [4.78, 5) is 18.5. The highest BCUT2D eigenvalue weighted by Gasteiger charge is 2.42. The number of amides is 1. The summed E-state index contributed by atoms with van der Waals surface area (Å²) in [6, 6.07) is 15.7. The van der Waals surface area contributed by atoms with Gasteiger partial charge >= 0.3 is 0 Å². The number of nitrogens with zero attached hydrogens (tertiary/aromatic N) is 3. The van der Waals surface area contributed by atoms with Gasteiger partial charge in [-0.3, -0.25) is 9.78 Å². The van der Waals surface area contributed by atoms with E-state index >= 15 is 0 Å². The van der Waals surface area contributed by atoms with Crippen molar-refractivity contribution in [3.05, 3.63) is 83.0 Å². The maximum absolute atomic E-state index is 12.3. The van der Waals surface area contributed by atoms with Crippen molar-refractivity contribution in [3.8, 4) is 6.07 Å². The Morgan fingerprint density at radius 3 is 2.97 bits per heavy atom. The number of hydrogen-bond acceptors (Lipinski definition) is 4. The molecule has 0 radical (unpaired) electrons. The molecule has 1 fully saturated rings. The van der Waals surface area contributed by atoms with E-state index in [2.05, 4.69) is 29.0 Å². The molecule has 0 spiro atoms. The number of hydrogen-bond donors (Lipinski definition) is 1. The number of benzene rings is 2. The third-order valence-electron chi connectivity index (χ3n) is 5.74. The van der Waals surface area contributed by atoms with E-state index < -0.39 is 5.54 Å². The minimum absolute atomic E-state index is 0.0810. The van der Waals surface area contributed by atoms with Crippen molar-refractivity contribution in [1.82, 2.24) is 9.88 Å². The van der Waals surface area contributed by atoms with Crippen LogP contribution in [0.1, 0.15) is 23.1 Å². The molecule has 5 nitrogen and oxygen atoms in total. The number of fused-ring (bicyclic) bond motifs is 1. The Kier molecular flexibility index (Phi) is 5.19. The summed E-state index contributed by atoms with van der Waals surface area (Å²) in [5, 5.41) is 14.4. The Balaban J connectivity index is 1.76. The molecule has 1 N–H and O–H groups in total. The molecule has 6 heteroatoms. The van der Waals surface area contributed by atoms with Crippen LogP contribution in [-0.2, 0) is 10.3 Å². The van der Waals surface area contributed by atoms with Gasteiger partial charge in [0.2, 0.25) is 5.91 Å². The molecule has 1 amide bonds. The van der Waals surface area contributed by atoms with E-state index in [0.717, 1.165) is 34.1 Å². The fourth-order valence-electron chi connectivity index (χ4n) is 4.18. The zero-order valence-electron chi connectivity index (χ0n) is 16.7. The average Bonchev–Trinajstić information content (AvgIpc) is 3.19. The molecule has 2 heterocycles. The van der Waals surface area contributed by atoms with E-state index in [1.807, 2.05) is 43.3 Å². The van der Waals surface area contributed by atoms with Crippen molar-refractivity contribution in [2.45, 2.75) is 18.9 Å². The number of carbonyl (C=O) groups is 1. The van der Waals surface area contributed by atoms with Crippen LogP contribution in [0.15, 0.2) is 61.3 Å². The zero-order chi connectivity index (χ0) is 21.3. The van der Waals surface area contributed by atoms with E-state index in [-0.39, 0.29) is 5.91 Å². The SMILES string of the molecule is C=CC(=O)N1CC[C@@](Nc2ccc3cc(C#N)cnc3c2)(c2cccc(Cl)c2C)C1. The van der Waals surface area contributed by atoms with Crippen LogP contribution in [0.5, 0.6) is 0 Å². The number of aromatic nitrogens is 1. The molecule has 1 aromatic heterocycles. The largest absolute Gasteiger partial charge is 0.374 e. The third-order valence-corrected chi connectivity index (χ3v) is 6.15. The zero-order valence-corrected chi connectivity index (χ0v) is 17.4. The number of halogens is 1. The van der Waals surface area contributed by atoms with Crippen LogP contribution in [0, 0.1) is 18.3 Å². The molecule has 0 saturated carbocycles. The molecule has 4 rings (SSSR count). The Morgan fingerprint density at radius 1 is 1.37 bits per heavy atom. The van der Waals surface area contributed by atoms with Gasteiger partial charge in [-0.15, -0.1) is 0 Å². The molecule has 0 aliphatic carbocycles. The van der Waals surface area contributed by atoms with Gasteiger partial charge in [-0.05, 0) is 54.8 Å². The normalized spacial score (nSPS) is 18.2. The first-order chi connectivity index (χ1) is 14.5. The molecule has 0 unspecified atom stereocenters. The number of likely N-dealkylation sites (tertiary alicyclic amines) is 1. The molecule has 3 aromatic rings. The standard InChI is InChI=1S/C24H21ClN4O/c1-3-23(30)29-10-9-24(15-29,20-5-4-6-21(25)16(20)2)28-19-8-7-18-11-17(13-26)14-27-22(18)12-19/h3-8,11-12,14,28H,1,9-10,15H2,2H3/t24-/m0/s1. The van der Waals surface area contributed by atoms with Crippen molar-refractivity contribution in [2.75, 3.05) is 18.4 Å². The second-order valence-electron chi connectivity index (χ2n) is 7.58. The minimum atomic E-state index is -0.478. The molecule has 0 bridgehead atoms. The Bertz CT molecular complexity index is 1200. The summed E-state index contributed by atoms with van der Waals surface area (Å²) < 4.78 is 0. The van der Waals surface area contributed by atoms with Gasteiger partial charge in [-0.25, -0.2) is 0 Å². The van der Waals surface area contributed by atoms with E-state index in [4.69, 9.17) is 16.9 Å². The fourth-order valence-corrected chi connectivity index (χ4v) is 4.35. The van der Waals surface area contributed by atoms with Gasteiger partial charge < -0.3 is 10.2 Å². The maximum Gasteiger partial charge on any atom is 0.246 e. The van der Waals surface area contributed by atoms with Crippen LogP contribution in [0.25, 0.3) is 10.9 Å². The summed E-state index contributed by atoms with van der Waals surface area (Å²) in [6.07, 6.45) is 3.67. The van der Waals surface area contributed by atoms with Crippen LogP contribution in [0.2, 0.25) is 5.02 Å². The van der Waals surface area contributed by atoms with Crippen LogP contribution in [0.3, 0.4) is 0 Å². The van der Waals surface area contributed by atoms with Crippen LogP contribution in [0.4, 0.5) is 5.69 Å². The number of rotatable bonds is 4. The lowest BCUT2D eigenvalue weighted by Gasteiger charge is -2.34. The summed E-state index contributed by atoms with van der Waals surface area (Å²) in [5.41, 5.74) is 3.82. The minimum Gasteiger partial charge on any atom is -0.374 e. The van der Waals surface area contributed by atoms with E-state index in [0.29, 0.717) is 23.7 Å². The molecule has 1 aliphatic heterocycles. The van der Waals surface area contributed by atoms with Gasteiger partial charge in [0, 0.05) is 35.4 Å². The number of anilines is 1. The van der Waals surface area contributed by atoms with Crippen molar-refractivity contribution >= 4 is 34.1 Å². The topological polar surface area (TPSA) is 69.0 Å². The molecular weight excluding hydrogens is 396 g/mol. The predicted octanol–water partition coefficient (Wildman–Crippen LogP) is 4.79.